The zero-order chi connectivity index (χ0) is 25.2. The number of aryl methyl sites for hydroxylation is 1. The van der Waals surface area contributed by atoms with Crippen molar-refractivity contribution in [2.75, 3.05) is 11.9 Å². The van der Waals surface area contributed by atoms with Gasteiger partial charge in [0, 0.05) is 36.1 Å². The molecule has 0 saturated heterocycles. The molecule has 186 valence electrons. The van der Waals surface area contributed by atoms with E-state index in [0.29, 0.717) is 17.4 Å². The Morgan fingerprint density at radius 2 is 1.95 bits per heavy atom. The number of carbonyl (C=O) groups excluding carboxylic acids is 1. The lowest BCUT2D eigenvalue weighted by Gasteiger charge is -2.26. The largest absolute Gasteiger partial charge is 0.484 e. The molecule has 0 spiro atoms. The molecule has 0 atom stereocenters. The van der Waals surface area contributed by atoms with Gasteiger partial charge in [-0.25, -0.2) is 9.97 Å². The van der Waals surface area contributed by atoms with Crippen molar-refractivity contribution in [2.24, 2.45) is 7.05 Å². The summed E-state index contributed by atoms with van der Waals surface area (Å²) in [5.74, 6) is 1.65. The number of benzene rings is 2. The predicted molar refractivity (Wildman–Crippen MR) is 140 cm³/mol. The minimum absolute atomic E-state index is 0.0237. The first kappa shape index (κ1) is 22.7. The third-order valence-corrected chi connectivity index (χ3v) is 6.50. The van der Waals surface area contributed by atoms with E-state index in [2.05, 4.69) is 25.9 Å². The lowest BCUT2D eigenvalue weighted by Crippen LogP contribution is -2.41. The van der Waals surface area contributed by atoms with E-state index in [1.54, 1.807) is 17.1 Å². The van der Waals surface area contributed by atoms with E-state index in [9.17, 15) is 4.79 Å². The number of hydrogen-bond donors (Lipinski definition) is 3. The first-order valence-corrected chi connectivity index (χ1v) is 12.2. The van der Waals surface area contributed by atoms with E-state index >= 15 is 0 Å². The number of amides is 1. The molecule has 3 heterocycles. The molecule has 1 aliphatic carbocycles. The van der Waals surface area contributed by atoms with E-state index in [1.165, 1.54) is 6.42 Å². The highest BCUT2D eigenvalue weighted by Crippen LogP contribution is 2.29. The predicted octanol–water partition coefficient (Wildman–Crippen LogP) is 4.21. The van der Waals surface area contributed by atoms with Gasteiger partial charge in [-0.3, -0.25) is 14.6 Å². The molecule has 10 heteroatoms. The third-order valence-electron chi connectivity index (χ3n) is 6.50. The molecule has 3 aromatic heterocycles. The second-order valence-electron chi connectivity index (χ2n) is 9.10. The molecule has 5 aromatic rings. The molecule has 10 nitrogen and oxygen atoms in total. The summed E-state index contributed by atoms with van der Waals surface area (Å²) in [6.45, 7) is -0.0237. The Morgan fingerprint density at radius 3 is 2.70 bits per heavy atom. The molecule has 1 aliphatic rings. The van der Waals surface area contributed by atoms with Crippen molar-refractivity contribution in [1.29, 1.82) is 0 Å². The number of nitrogens with zero attached hydrogens (tertiary/aromatic N) is 5. The molecule has 0 radical (unpaired) electrons. The molecule has 0 aliphatic heterocycles. The van der Waals surface area contributed by atoms with Gasteiger partial charge in [0.25, 0.3) is 5.91 Å². The molecular formula is C27H26N8O2. The molecule has 1 fully saturated rings. The fraction of sp³-hybridized carbons (Fsp3) is 0.222. The fourth-order valence-corrected chi connectivity index (χ4v) is 4.28. The molecular weight excluding hydrogens is 468 g/mol. The van der Waals surface area contributed by atoms with E-state index in [4.69, 9.17) is 14.7 Å². The first-order valence-electron chi connectivity index (χ1n) is 12.2. The number of ether oxygens (including phenoxy) is 1. The van der Waals surface area contributed by atoms with E-state index in [1.807, 2.05) is 61.8 Å². The van der Waals surface area contributed by atoms with Gasteiger partial charge < -0.3 is 15.4 Å². The summed E-state index contributed by atoms with van der Waals surface area (Å²) in [7, 11) is 1.86. The molecule has 0 unspecified atom stereocenters. The summed E-state index contributed by atoms with van der Waals surface area (Å²) in [5, 5.41) is 17.6. The number of carbonyl (C=O) groups is 1. The van der Waals surface area contributed by atoms with Gasteiger partial charge in [-0.2, -0.15) is 10.2 Å². The highest BCUT2D eigenvalue weighted by atomic mass is 16.5. The van der Waals surface area contributed by atoms with E-state index in [-0.39, 0.29) is 18.6 Å². The molecule has 6 rings (SSSR count). The lowest BCUT2D eigenvalue weighted by molar-refractivity contribution is -0.124. The molecule has 2 aromatic carbocycles. The number of rotatable bonds is 8. The monoisotopic (exact) mass is 494 g/mol. The van der Waals surface area contributed by atoms with Crippen LogP contribution in [0.15, 0.2) is 67.1 Å². The lowest BCUT2D eigenvalue weighted by atomic mass is 9.93. The normalized spacial score (nSPS) is 13.3. The number of anilines is 2. The fourth-order valence-electron chi connectivity index (χ4n) is 4.28. The minimum Gasteiger partial charge on any atom is -0.484 e. The Labute approximate surface area is 213 Å². The highest BCUT2D eigenvalue weighted by molar-refractivity contribution is 5.89. The van der Waals surface area contributed by atoms with Crippen molar-refractivity contribution >= 4 is 28.4 Å². The summed E-state index contributed by atoms with van der Waals surface area (Å²) in [6.07, 6.45) is 8.62. The average molecular weight is 495 g/mol. The van der Waals surface area contributed by atoms with Gasteiger partial charge in [-0.1, -0.05) is 24.3 Å². The van der Waals surface area contributed by atoms with Crippen molar-refractivity contribution in [3.05, 3.63) is 67.1 Å². The van der Waals surface area contributed by atoms with E-state index < -0.39 is 0 Å². The smallest absolute Gasteiger partial charge is 0.258 e. The maximum atomic E-state index is 12.1. The van der Waals surface area contributed by atoms with Gasteiger partial charge >= 0.3 is 0 Å². The van der Waals surface area contributed by atoms with E-state index in [0.717, 1.165) is 46.3 Å². The molecule has 0 bridgehead atoms. The van der Waals surface area contributed by atoms with Crippen molar-refractivity contribution in [3.8, 4) is 28.3 Å². The quantitative estimate of drug-likeness (QED) is 0.295. The first-order chi connectivity index (χ1) is 18.1. The molecule has 37 heavy (non-hydrogen) atoms. The van der Waals surface area contributed by atoms with Gasteiger partial charge in [0.2, 0.25) is 0 Å². The Morgan fingerprint density at radius 1 is 1.08 bits per heavy atom. The SMILES string of the molecule is Cn1ncc2nc(-c3cccc(OCC(=O)NC4CCC4)c3)nc(Nc3ccc(-c4cn[nH]c4)cc3)c21. The van der Waals surface area contributed by atoms with Crippen LogP contribution in [0.5, 0.6) is 5.75 Å². The third kappa shape index (κ3) is 4.86. The van der Waals surface area contributed by atoms with Gasteiger partial charge in [0.15, 0.2) is 18.2 Å². The molecule has 1 amide bonds. The van der Waals surface area contributed by atoms with Crippen LogP contribution >= 0.6 is 0 Å². The molecule has 3 N–H and O–H groups in total. The number of nitrogens with one attached hydrogen (secondary N) is 3. The van der Waals surface area contributed by atoms with Crippen LogP contribution in [0, 0.1) is 0 Å². The van der Waals surface area contributed by atoms with Crippen molar-refractivity contribution in [1.82, 2.24) is 35.3 Å². The van der Waals surface area contributed by atoms with Crippen LogP contribution in [0.1, 0.15) is 19.3 Å². The Hall–Kier alpha value is -4.73. The zero-order valence-corrected chi connectivity index (χ0v) is 20.3. The second kappa shape index (κ2) is 9.73. The number of aromatic nitrogens is 6. The summed E-state index contributed by atoms with van der Waals surface area (Å²) in [4.78, 5) is 21.7. The molecule has 1 saturated carbocycles. The highest BCUT2D eigenvalue weighted by Gasteiger charge is 2.19. The summed E-state index contributed by atoms with van der Waals surface area (Å²) < 4.78 is 7.50. The average Bonchev–Trinajstić information content (AvgIpc) is 3.56. The standard InChI is InChI=1S/C27H26N8O2/c1-35-25-23(15-30-35)33-26(18-4-2-7-22(12-18)37-16-24(36)31-20-5-3-6-20)34-27(25)32-21-10-8-17(9-11-21)19-13-28-29-14-19/h2,4,7-15,20H,3,5-6,16H2,1H3,(H,28,29)(H,31,36)(H,32,33,34). The van der Waals surface area contributed by atoms with Crippen LogP contribution in [-0.4, -0.2) is 48.5 Å². The maximum absolute atomic E-state index is 12.1. The van der Waals surface area contributed by atoms with Crippen molar-refractivity contribution < 1.29 is 9.53 Å². The number of fused-ring (bicyclic) bond motifs is 1. The zero-order valence-electron chi connectivity index (χ0n) is 20.3. The van der Waals surface area contributed by atoms with Crippen LogP contribution in [0.2, 0.25) is 0 Å². The van der Waals surface area contributed by atoms with Gasteiger partial charge in [0.05, 0.1) is 12.4 Å². The van der Waals surface area contributed by atoms with Gasteiger partial charge in [-0.05, 0) is 49.1 Å². The maximum Gasteiger partial charge on any atom is 0.258 e. The van der Waals surface area contributed by atoms with Crippen LogP contribution in [-0.2, 0) is 11.8 Å². The van der Waals surface area contributed by atoms with Crippen molar-refractivity contribution in [2.45, 2.75) is 25.3 Å². The van der Waals surface area contributed by atoms with Gasteiger partial charge in [-0.15, -0.1) is 0 Å². The number of hydrogen-bond acceptors (Lipinski definition) is 7. The minimum atomic E-state index is -0.103. The van der Waals surface area contributed by atoms with Crippen molar-refractivity contribution in [3.63, 3.8) is 0 Å². The topological polar surface area (TPSA) is 123 Å². The second-order valence-corrected chi connectivity index (χ2v) is 9.10. The van der Waals surface area contributed by atoms with Crippen LogP contribution < -0.4 is 15.4 Å². The summed E-state index contributed by atoms with van der Waals surface area (Å²) in [5.41, 5.74) is 5.26. The van der Waals surface area contributed by atoms with Gasteiger partial charge in [0.1, 0.15) is 16.8 Å². The Bertz CT molecular complexity index is 1540. The van der Waals surface area contributed by atoms with Crippen LogP contribution in [0.25, 0.3) is 33.5 Å². The summed E-state index contributed by atoms with van der Waals surface area (Å²) >= 11 is 0. The number of aromatic amines is 1. The Kier molecular flexibility index (Phi) is 5.97. The van der Waals surface area contributed by atoms with Crippen LogP contribution in [0.3, 0.4) is 0 Å². The number of H-pyrrole nitrogens is 1. The summed E-state index contributed by atoms with van der Waals surface area (Å²) in [6, 6.07) is 15.8. The van der Waals surface area contributed by atoms with Crippen LogP contribution in [0.4, 0.5) is 11.5 Å². The Balaban J connectivity index is 1.25.